The van der Waals surface area contributed by atoms with Gasteiger partial charge in [0, 0.05) is 92.0 Å². The summed E-state index contributed by atoms with van der Waals surface area (Å²) in [5.74, 6) is 1.88. The predicted octanol–water partition coefficient (Wildman–Crippen LogP) is 4.90. The zero-order valence-corrected chi connectivity index (χ0v) is 36.0. The molecule has 9 rings (SSSR count). The Hall–Kier alpha value is -5.54. The van der Waals surface area contributed by atoms with Crippen molar-refractivity contribution in [1.82, 2.24) is 20.0 Å². The van der Waals surface area contributed by atoms with Gasteiger partial charge in [0.15, 0.2) is 0 Å². The highest BCUT2D eigenvalue weighted by Crippen LogP contribution is 2.44. The van der Waals surface area contributed by atoms with Crippen LogP contribution in [0.4, 0.5) is 11.4 Å². The maximum Gasteiger partial charge on any atom is 0.249 e. The molecule has 6 N–H and O–H groups in total. The van der Waals surface area contributed by atoms with Crippen LogP contribution in [-0.2, 0) is 14.4 Å². The molecule has 6 aliphatic rings. The minimum absolute atomic E-state index is 0.0249. The van der Waals surface area contributed by atoms with Crippen molar-refractivity contribution in [3.05, 3.63) is 89.6 Å². The van der Waals surface area contributed by atoms with E-state index < -0.39 is 0 Å². The Labute approximate surface area is 367 Å². The van der Waals surface area contributed by atoms with Gasteiger partial charge in [-0.05, 0) is 93.1 Å². The quantitative estimate of drug-likeness (QED) is 0.101. The summed E-state index contributed by atoms with van der Waals surface area (Å²) < 4.78 is 6.56. The van der Waals surface area contributed by atoms with Crippen molar-refractivity contribution in [3.8, 4) is 11.5 Å². The number of aromatic hydroxyl groups is 1. The van der Waals surface area contributed by atoms with Crippen molar-refractivity contribution in [3.63, 3.8) is 0 Å². The second-order valence-electron chi connectivity index (χ2n) is 17.5. The molecule has 3 amide bonds. The smallest absolute Gasteiger partial charge is 0.249 e. The van der Waals surface area contributed by atoms with Gasteiger partial charge in [-0.3, -0.25) is 30.0 Å². The van der Waals surface area contributed by atoms with Gasteiger partial charge in [0.25, 0.3) is 0 Å². The van der Waals surface area contributed by atoms with Crippen molar-refractivity contribution in [1.29, 1.82) is 10.8 Å². The third-order valence-corrected chi connectivity index (χ3v) is 14.8. The Balaban J connectivity index is 0.749. The van der Waals surface area contributed by atoms with E-state index >= 15 is 0 Å². The third-order valence-electron chi connectivity index (χ3n) is 13.7. The number of amides is 3. The highest BCUT2D eigenvalue weighted by Gasteiger charge is 2.41. The second-order valence-corrected chi connectivity index (χ2v) is 18.6. The van der Waals surface area contributed by atoms with Crippen LogP contribution in [-0.4, -0.2) is 131 Å². The number of benzene rings is 3. The van der Waals surface area contributed by atoms with Gasteiger partial charge in [-0.25, -0.2) is 0 Å². The molecule has 5 fully saturated rings. The normalized spacial score (nSPS) is 23.9. The number of piperazine rings is 1. The molecule has 6 aliphatic heterocycles. The van der Waals surface area contributed by atoms with E-state index in [2.05, 4.69) is 55.2 Å². The van der Waals surface area contributed by atoms with Crippen LogP contribution >= 0.6 is 11.8 Å². The number of anilines is 2. The number of imide groups is 1. The molecule has 3 unspecified atom stereocenters. The third kappa shape index (κ3) is 8.74. The summed E-state index contributed by atoms with van der Waals surface area (Å²) in [7, 11) is 0. The van der Waals surface area contributed by atoms with Gasteiger partial charge in [-0.2, -0.15) is 0 Å². The number of thioether (sulfide) groups is 1. The number of amidine groups is 1. The summed E-state index contributed by atoms with van der Waals surface area (Å²) in [5.41, 5.74) is 10.7. The number of hydrogen-bond donors (Lipinski definition) is 5. The van der Waals surface area contributed by atoms with Crippen LogP contribution in [0.2, 0.25) is 0 Å². The van der Waals surface area contributed by atoms with Crippen molar-refractivity contribution < 1.29 is 24.2 Å². The Morgan fingerprint density at radius 1 is 0.871 bits per heavy atom. The van der Waals surface area contributed by atoms with Crippen LogP contribution < -0.4 is 25.6 Å². The number of nitrogens with one attached hydrogen (secondary N) is 3. The number of nitrogens with zero attached hydrogens (tertiary/aromatic N) is 5. The minimum atomic E-state index is -0.312. The Morgan fingerprint density at radius 3 is 2.34 bits per heavy atom. The number of fused-ring (bicyclic) bond motifs is 3. The molecule has 326 valence electrons. The van der Waals surface area contributed by atoms with Gasteiger partial charge in [0.05, 0.1) is 23.6 Å². The maximum atomic E-state index is 13.6. The molecule has 15 heteroatoms. The molecular formula is C47H57N9O5S. The lowest BCUT2D eigenvalue weighted by Crippen LogP contribution is -2.54. The van der Waals surface area contributed by atoms with E-state index in [4.69, 9.17) is 21.3 Å². The standard InChI is InChI=1S/C47H57N9O5S/c48-38(37-7-1-2-10-42(37)57)26-41(46(49)50)54-27-32-11-12-33(28-54)56(32)31-5-3-6-35(25-31)61-34-17-21-53(22-18-34)44(59)29-52-19-15-30(16-20-52)36-8-4-9-39-45(36)62-24-23-55(39)40-13-14-43(58)51-47(40)60/h1-10,25-26,30,32-34,40,48,57H,11-24,27-29H2,(H3,49,50)(H,51,58,60)/b41-26+,48-38?. The highest BCUT2D eigenvalue weighted by atomic mass is 32.2. The fraction of sp³-hybridized carbons (Fsp3) is 0.468. The van der Waals surface area contributed by atoms with E-state index in [0.717, 1.165) is 81.0 Å². The van der Waals surface area contributed by atoms with Gasteiger partial charge >= 0.3 is 0 Å². The molecule has 14 nitrogen and oxygen atoms in total. The van der Waals surface area contributed by atoms with Gasteiger partial charge in [0.2, 0.25) is 17.7 Å². The fourth-order valence-corrected chi connectivity index (χ4v) is 11.7. The minimum Gasteiger partial charge on any atom is -0.507 e. The lowest BCUT2D eigenvalue weighted by Gasteiger charge is -2.44. The maximum absolute atomic E-state index is 13.6. The lowest BCUT2D eigenvalue weighted by molar-refractivity contribution is -0.135. The average molecular weight is 860 g/mol. The van der Waals surface area contributed by atoms with E-state index in [0.29, 0.717) is 62.7 Å². The monoisotopic (exact) mass is 859 g/mol. The molecule has 2 bridgehead atoms. The zero-order valence-electron chi connectivity index (χ0n) is 35.1. The first-order valence-corrected chi connectivity index (χ1v) is 23.2. The van der Waals surface area contributed by atoms with Crippen LogP contribution in [0.1, 0.15) is 68.4 Å². The summed E-state index contributed by atoms with van der Waals surface area (Å²) in [4.78, 5) is 50.5. The average Bonchev–Trinajstić information content (AvgIpc) is 3.54. The first-order valence-electron chi connectivity index (χ1n) is 22.2. The van der Waals surface area contributed by atoms with E-state index in [-0.39, 0.29) is 59.2 Å². The number of phenols is 1. The van der Waals surface area contributed by atoms with Crippen LogP contribution in [0.15, 0.2) is 83.4 Å². The molecule has 6 heterocycles. The largest absolute Gasteiger partial charge is 0.507 e. The van der Waals surface area contributed by atoms with Crippen molar-refractivity contribution in [2.45, 2.75) is 86.4 Å². The molecule has 0 spiro atoms. The van der Waals surface area contributed by atoms with E-state index in [1.54, 1.807) is 30.3 Å². The molecule has 0 aliphatic carbocycles. The molecule has 0 saturated carbocycles. The van der Waals surface area contributed by atoms with Crippen molar-refractivity contribution in [2.75, 3.05) is 67.9 Å². The summed E-state index contributed by atoms with van der Waals surface area (Å²) in [6.07, 6.45) is 8.11. The molecule has 0 aromatic heterocycles. The molecule has 0 radical (unpaired) electrons. The first-order chi connectivity index (χ1) is 30.1. The predicted molar refractivity (Wildman–Crippen MR) is 242 cm³/mol. The number of nitrogens with two attached hydrogens (primary N) is 1. The van der Waals surface area contributed by atoms with E-state index in [9.17, 15) is 19.5 Å². The van der Waals surface area contributed by atoms with Crippen molar-refractivity contribution >= 4 is 52.4 Å². The van der Waals surface area contributed by atoms with Crippen LogP contribution in [0.25, 0.3) is 0 Å². The van der Waals surface area contributed by atoms with E-state index in [1.165, 1.54) is 10.5 Å². The number of carbonyl (C=O) groups is 3. The van der Waals surface area contributed by atoms with Gasteiger partial charge in [-0.15, -0.1) is 11.8 Å². The number of hydrogen-bond acceptors (Lipinski definition) is 12. The Kier molecular flexibility index (Phi) is 12.2. The number of phenolic OH excluding ortho intramolecular Hbond substituents is 1. The topological polar surface area (TPSA) is 183 Å². The molecule has 3 aromatic carbocycles. The number of ether oxygens (including phenoxy) is 1. The van der Waals surface area contributed by atoms with Crippen LogP contribution in [0.5, 0.6) is 11.5 Å². The zero-order chi connectivity index (χ0) is 42.9. The van der Waals surface area contributed by atoms with Gasteiger partial charge < -0.3 is 40.6 Å². The van der Waals surface area contributed by atoms with E-state index in [1.807, 2.05) is 28.8 Å². The fourth-order valence-electron chi connectivity index (χ4n) is 10.5. The molecule has 3 aromatic rings. The number of carbonyl (C=O) groups excluding carboxylic acids is 3. The number of allylic oxidation sites excluding steroid dienone is 1. The number of rotatable bonds is 11. The second kappa shape index (κ2) is 18.1. The summed E-state index contributed by atoms with van der Waals surface area (Å²) in [6.45, 7) is 5.66. The number of para-hydroxylation sites is 1. The lowest BCUT2D eigenvalue weighted by atomic mass is 9.88. The molecule has 5 saturated heterocycles. The summed E-state index contributed by atoms with van der Waals surface area (Å²) in [5, 5.41) is 29.8. The SMILES string of the molecule is N=C(N)/C(=C\C(=N)c1ccccc1O)N1CC2CCC(C1)N2c1cccc(OC2CCN(C(=O)CN3CCC(c4cccc5c4SCCN5C4CCC(=O)NC4=O)CC3)CC2)c1. The molecule has 62 heavy (non-hydrogen) atoms. The summed E-state index contributed by atoms with van der Waals surface area (Å²) >= 11 is 1.87. The van der Waals surface area contributed by atoms with Crippen LogP contribution in [0, 0.1) is 10.8 Å². The van der Waals surface area contributed by atoms with Gasteiger partial charge in [-0.1, -0.05) is 30.3 Å². The van der Waals surface area contributed by atoms with Gasteiger partial charge in [0.1, 0.15) is 29.5 Å². The highest BCUT2D eigenvalue weighted by molar-refractivity contribution is 7.99. The summed E-state index contributed by atoms with van der Waals surface area (Å²) in [6, 6.07) is 21.7. The van der Waals surface area contributed by atoms with Crippen LogP contribution in [0.3, 0.4) is 0 Å². The molecular weight excluding hydrogens is 803 g/mol. The number of piperidine rings is 3. The van der Waals surface area contributed by atoms with Crippen molar-refractivity contribution in [2.24, 2.45) is 5.73 Å². The Morgan fingerprint density at radius 2 is 1.61 bits per heavy atom. The Bertz CT molecular complexity index is 2240. The molecule has 3 atom stereocenters. The first kappa shape index (κ1) is 41.8. The number of likely N-dealkylation sites (tertiary alicyclic amines) is 3.